The van der Waals surface area contributed by atoms with Crippen LogP contribution in [0.5, 0.6) is 0 Å². The molecule has 2 heterocycles. The van der Waals surface area contributed by atoms with Crippen molar-refractivity contribution < 1.29 is 9.90 Å². The molecule has 0 bridgehead atoms. The SMILES string of the molecule is Cc1ccc(/C=C(\CCCC(=O)O)c2nc3ccccc3s2)s1. The highest BCUT2D eigenvalue weighted by atomic mass is 32.1. The van der Waals surface area contributed by atoms with Crippen LogP contribution >= 0.6 is 22.7 Å². The summed E-state index contributed by atoms with van der Waals surface area (Å²) >= 11 is 3.41. The van der Waals surface area contributed by atoms with Gasteiger partial charge in [0.05, 0.1) is 10.2 Å². The highest BCUT2D eigenvalue weighted by molar-refractivity contribution is 7.19. The highest BCUT2D eigenvalue weighted by Gasteiger charge is 2.10. The third-order valence-corrected chi connectivity index (χ3v) is 5.54. The fourth-order valence-corrected chi connectivity index (χ4v) is 4.24. The van der Waals surface area contributed by atoms with E-state index in [9.17, 15) is 4.79 Å². The third-order valence-electron chi connectivity index (χ3n) is 3.48. The largest absolute Gasteiger partial charge is 0.481 e. The fraction of sp³-hybridized carbons (Fsp3) is 0.222. The molecule has 23 heavy (non-hydrogen) atoms. The standard InChI is InChI=1S/C18H17NO2S2/c1-12-9-10-14(22-12)11-13(5-4-8-17(20)21)18-19-15-6-2-3-7-16(15)23-18/h2-3,6-7,9-11H,4-5,8H2,1H3,(H,20,21)/b13-11+. The number of carboxylic acids is 1. The van der Waals surface area contributed by atoms with Crippen molar-refractivity contribution in [3.05, 3.63) is 51.2 Å². The lowest BCUT2D eigenvalue weighted by molar-refractivity contribution is -0.137. The Morgan fingerprint density at radius 2 is 2.00 bits per heavy atom. The molecule has 0 radical (unpaired) electrons. The minimum Gasteiger partial charge on any atom is -0.481 e. The molecule has 0 unspecified atom stereocenters. The first-order valence-corrected chi connectivity index (χ1v) is 9.10. The van der Waals surface area contributed by atoms with Crippen LogP contribution in [0, 0.1) is 6.92 Å². The van der Waals surface area contributed by atoms with E-state index in [4.69, 9.17) is 10.1 Å². The van der Waals surface area contributed by atoms with E-state index in [0.29, 0.717) is 6.42 Å². The first-order valence-electron chi connectivity index (χ1n) is 7.46. The van der Waals surface area contributed by atoms with Crippen molar-refractivity contribution in [2.24, 2.45) is 0 Å². The van der Waals surface area contributed by atoms with E-state index in [1.807, 2.05) is 18.2 Å². The quantitative estimate of drug-likeness (QED) is 0.646. The summed E-state index contributed by atoms with van der Waals surface area (Å²) in [5, 5.41) is 9.86. The molecule has 118 valence electrons. The van der Waals surface area contributed by atoms with E-state index >= 15 is 0 Å². The van der Waals surface area contributed by atoms with E-state index in [0.717, 1.165) is 27.2 Å². The van der Waals surface area contributed by atoms with Crippen LogP contribution < -0.4 is 0 Å². The maximum atomic E-state index is 10.8. The number of aromatic nitrogens is 1. The molecule has 2 aromatic heterocycles. The van der Waals surface area contributed by atoms with Crippen molar-refractivity contribution in [1.82, 2.24) is 4.98 Å². The zero-order valence-electron chi connectivity index (χ0n) is 12.8. The van der Waals surface area contributed by atoms with Gasteiger partial charge in [-0.05, 0) is 55.7 Å². The molecule has 0 saturated heterocycles. The molecular formula is C18H17NO2S2. The number of benzene rings is 1. The molecule has 3 nitrogen and oxygen atoms in total. The monoisotopic (exact) mass is 343 g/mol. The van der Waals surface area contributed by atoms with Crippen LogP contribution in [-0.2, 0) is 4.79 Å². The predicted octanol–water partition coefficient (Wildman–Crippen LogP) is 5.46. The maximum Gasteiger partial charge on any atom is 0.303 e. The number of allylic oxidation sites excluding steroid dienone is 1. The molecule has 0 amide bonds. The van der Waals surface area contributed by atoms with Gasteiger partial charge in [0.25, 0.3) is 0 Å². The molecule has 0 saturated carbocycles. The zero-order chi connectivity index (χ0) is 16.2. The second kappa shape index (κ2) is 7.06. The number of nitrogens with zero attached hydrogens (tertiary/aromatic N) is 1. The maximum absolute atomic E-state index is 10.8. The Labute approximate surface area is 142 Å². The van der Waals surface area contributed by atoms with Crippen molar-refractivity contribution >= 4 is 50.5 Å². The van der Waals surface area contributed by atoms with Gasteiger partial charge >= 0.3 is 5.97 Å². The molecule has 1 aromatic carbocycles. The van der Waals surface area contributed by atoms with Gasteiger partial charge < -0.3 is 5.11 Å². The number of aliphatic carboxylic acids is 1. The van der Waals surface area contributed by atoms with Gasteiger partial charge in [0, 0.05) is 16.2 Å². The van der Waals surface area contributed by atoms with E-state index in [1.165, 1.54) is 9.75 Å². The van der Waals surface area contributed by atoms with Crippen molar-refractivity contribution in [2.75, 3.05) is 0 Å². The van der Waals surface area contributed by atoms with E-state index in [2.05, 4.69) is 31.2 Å². The average Bonchev–Trinajstić information content (AvgIpc) is 3.11. The van der Waals surface area contributed by atoms with Crippen LogP contribution in [0.2, 0.25) is 0 Å². The molecule has 0 aliphatic heterocycles. The van der Waals surface area contributed by atoms with Crippen LogP contribution in [0.25, 0.3) is 21.9 Å². The molecule has 1 N–H and O–H groups in total. The van der Waals surface area contributed by atoms with E-state index in [-0.39, 0.29) is 6.42 Å². The number of carboxylic acid groups (broad SMARTS) is 1. The van der Waals surface area contributed by atoms with Gasteiger partial charge in [0.15, 0.2) is 0 Å². The molecule has 0 aliphatic carbocycles. The van der Waals surface area contributed by atoms with Gasteiger partial charge in [0.1, 0.15) is 5.01 Å². The number of para-hydroxylation sites is 1. The number of hydrogen-bond donors (Lipinski definition) is 1. The van der Waals surface area contributed by atoms with Gasteiger partial charge in [-0.15, -0.1) is 22.7 Å². The minimum atomic E-state index is -0.749. The highest BCUT2D eigenvalue weighted by Crippen LogP contribution is 2.32. The Kier molecular flexibility index (Phi) is 4.88. The normalized spacial score (nSPS) is 12.0. The Bertz CT molecular complexity index is 828. The van der Waals surface area contributed by atoms with E-state index in [1.54, 1.807) is 22.7 Å². The number of fused-ring (bicyclic) bond motifs is 1. The third kappa shape index (κ3) is 4.06. The second-order valence-electron chi connectivity index (χ2n) is 5.35. The zero-order valence-corrected chi connectivity index (χ0v) is 14.4. The fourth-order valence-electron chi connectivity index (χ4n) is 2.38. The number of rotatable bonds is 6. The molecule has 0 atom stereocenters. The molecule has 0 fully saturated rings. The predicted molar refractivity (Wildman–Crippen MR) is 98.0 cm³/mol. The van der Waals surface area contributed by atoms with Crippen LogP contribution in [0.15, 0.2) is 36.4 Å². The number of thiophene rings is 1. The summed E-state index contributed by atoms with van der Waals surface area (Å²) < 4.78 is 1.16. The lowest BCUT2D eigenvalue weighted by Crippen LogP contribution is -1.94. The van der Waals surface area contributed by atoms with Crippen molar-refractivity contribution in [1.29, 1.82) is 0 Å². The number of aryl methyl sites for hydroxylation is 1. The summed E-state index contributed by atoms with van der Waals surface area (Å²) in [4.78, 5) is 18.0. The van der Waals surface area contributed by atoms with E-state index < -0.39 is 5.97 Å². The molecule has 3 rings (SSSR count). The molecular weight excluding hydrogens is 326 g/mol. The Balaban J connectivity index is 1.93. The summed E-state index contributed by atoms with van der Waals surface area (Å²) in [5.41, 5.74) is 2.12. The van der Waals surface area contributed by atoms with Gasteiger partial charge in [-0.3, -0.25) is 4.79 Å². The summed E-state index contributed by atoms with van der Waals surface area (Å²) in [5.74, 6) is -0.749. The lowest BCUT2D eigenvalue weighted by atomic mass is 10.1. The molecule has 0 aliphatic rings. The van der Waals surface area contributed by atoms with Gasteiger partial charge in [0.2, 0.25) is 0 Å². The molecule has 0 spiro atoms. The number of thiazole rings is 1. The average molecular weight is 343 g/mol. The second-order valence-corrected chi connectivity index (χ2v) is 7.70. The summed E-state index contributed by atoms with van der Waals surface area (Å²) in [6.07, 6.45) is 3.69. The smallest absolute Gasteiger partial charge is 0.303 e. The van der Waals surface area contributed by atoms with Gasteiger partial charge in [-0.1, -0.05) is 12.1 Å². The molecule has 5 heteroatoms. The molecule has 3 aromatic rings. The Morgan fingerprint density at radius 3 is 2.70 bits per heavy atom. The topological polar surface area (TPSA) is 50.2 Å². The van der Waals surface area contributed by atoms with Crippen LogP contribution in [-0.4, -0.2) is 16.1 Å². The first kappa shape index (κ1) is 15.9. The number of carbonyl (C=O) groups is 1. The minimum absolute atomic E-state index is 0.186. The van der Waals surface area contributed by atoms with Gasteiger partial charge in [-0.25, -0.2) is 4.98 Å². The van der Waals surface area contributed by atoms with Crippen LogP contribution in [0.4, 0.5) is 0 Å². The van der Waals surface area contributed by atoms with Crippen molar-refractivity contribution in [2.45, 2.75) is 26.2 Å². The summed E-state index contributed by atoms with van der Waals surface area (Å²) in [7, 11) is 0. The van der Waals surface area contributed by atoms with Gasteiger partial charge in [-0.2, -0.15) is 0 Å². The first-order chi connectivity index (χ1) is 11.1. The Morgan fingerprint density at radius 1 is 1.17 bits per heavy atom. The number of hydrogen-bond acceptors (Lipinski definition) is 4. The van der Waals surface area contributed by atoms with Crippen LogP contribution in [0.1, 0.15) is 34.0 Å². The Hall–Kier alpha value is -1.98. The van der Waals surface area contributed by atoms with Crippen molar-refractivity contribution in [3.8, 4) is 0 Å². The summed E-state index contributed by atoms with van der Waals surface area (Å²) in [6, 6.07) is 12.3. The van der Waals surface area contributed by atoms with Crippen molar-refractivity contribution in [3.63, 3.8) is 0 Å². The van der Waals surface area contributed by atoms with Crippen LogP contribution in [0.3, 0.4) is 0 Å². The summed E-state index contributed by atoms with van der Waals surface area (Å²) in [6.45, 7) is 2.09. The lowest BCUT2D eigenvalue weighted by Gasteiger charge is -2.03.